The molecular formula is C11H16BrNO3. The molecule has 2 N–H and O–H groups in total. The highest BCUT2D eigenvalue weighted by Gasteiger charge is 2.15. The highest BCUT2D eigenvalue weighted by Crippen LogP contribution is 2.39. The van der Waals surface area contributed by atoms with Crippen LogP contribution in [-0.4, -0.2) is 20.8 Å². The Bertz CT molecular complexity index is 369. The van der Waals surface area contributed by atoms with Crippen molar-refractivity contribution in [2.45, 2.75) is 13.3 Å². The zero-order valence-electron chi connectivity index (χ0n) is 9.67. The molecule has 5 heteroatoms. The van der Waals surface area contributed by atoms with Crippen LogP contribution in [0, 0.1) is 6.92 Å². The predicted octanol–water partition coefficient (Wildman–Crippen LogP) is 2.21. The van der Waals surface area contributed by atoms with Gasteiger partial charge >= 0.3 is 0 Å². The lowest BCUT2D eigenvalue weighted by molar-refractivity contribution is 0.141. The van der Waals surface area contributed by atoms with Crippen molar-refractivity contribution < 1.29 is 14.3 Å². The number of benzene rings is 1. The molecule has 1 rings (SSSR count). The second-order valence-corrected chi connectivity index (χ2v) is 4.18. The Morgan fingerprint density at radius 2 is 1.88 bits per heavy atom. The van der Waals surface area contributed by atoms with E-state index in [1.165, 1.54) is 0 Å². The number of hydrogen-bond acceptors (Lipinski definition) is 4. The maximum atomic E-state index is 5.34. The van der Waals surface area contributed by atoms with Crippen molar-refractivity contribution in [2.24, 2.45) is 5.90 Å². The smallest absolute Gasteiger partial charge is 0.175 e. The van der Waals surface area contributed by atoms with Crippen molar-refractivity contribution in [1.29, 1.82) is 0 Å². The van der Waals surface area contributed by atoms with Crippen LogP contribution in [0.5, 0.6) is 11.5 Å². The van der Waals surface area contributed by atoms with Gasteiger partial charge in [-0.3, -0.25) is 0 Å². The Hall–Kier alpha value is -0.780. The molecule has 0 unspecified atom stereocenters. The zero-order valence-corrected chi connectivity index (χ0v) is 11.3. The molecule has 90 valence electrons. The van der Waals surface area contributed by atoms with Gasteiger partial charge in [-0.15, -0.1) is 0 Å². The first-order valence-corrected chi connectivity index (χ1v) is 5.66. The summed E-state index contributed by atoms with van der Waals surface area (Å²) in [6.45, 7) is 2.46. The van der Waals surface area contributed by atoms with Crippen molar-refractivity contribution >= 4 is 15.9 Å². The molecule has 0 bridgehead atoms. The lowest BCUT2D eigenvalue weighted by Gasteiger charge is -2.15. The summed E-state index contributed by atoms with van der Waals surface area (Å²) < 4.78 is 11.5. The first-order chi connectivity index (χ1) is 7.65. The van der Waals surface area contributed by atoms with Crippen molar-refractivity contribution in [1.82, 2.24) is 0 Å². The minimum Gasteiger partial charge on any atom is -0.493 e. The van der Waals surface area contributed by atoms with E-state index in [1.807, 2.05) is 13.0 Å². The number of hydrogen-bond donors (Lipinski definition) is 1. The summed E-state index contributed by atoms with van der Waals surface area (Å²) in [4.78, 5) is 4.58. The van der Waals surface area contributed by atoms with E-state index in [2.05, 4.69) is 20.8 Å². The number of nitrogens with two attached hydrogens (primary N) is 1. The highest BCUT2D eigenvalue weighted by molar-refractivity contribution is 9.10. The Balaban J connectivity index is 3.17. The van der Waals surface area contributed by atoms with Gasteiger partial charge in [0.05, 0.1) is 25.3 Å². The Morgan fingerprint density at radius 3 is 2.38 bits per heavy atom. The number of methoxy groups -OCH3 is 2. The predicted molar refractivity (Wildman–Crippen MR) is 65.8 cm³/mol. The fraction of sp³-hybridized carbons (Fsp3) is 0.455. The standard InChI is InChI=1S/C11H16BrNO3/c1-7-8(4-5-16-13)6-9(12)11(15-3)10(7)14-2/h6H,4-5,13H2,1-3H3. The minimum absolute atomic E-state index is 0.475. The Morgan fingerprint density at radius 1 is 1.25 bits per heavy atom. The number of halogens is 1. The fourth-order valence-electron chi connectivity index (χ4n) is 1.62. The number of rotatable bonds is 5. The molecule has 0 atom stereocenters. The van der Waals surface area contributed by atoms with Crippen molar-refractivity contribution in [2.75, 3.05) is 20.8 Å². The van der Waals surface area contributed by atoms with Crippen LogP contribution < -0.4 is 15.4 Å². The fourth-order valence-corrected chi connectivity index (χ4v) is 2.23. The van der Waals surface area contributed by atoms with Crippen LogP contribution in [0.25, 0.3) is 0 Å². The van der Waals surface area contributed by atoms with Gasteiger partial charge in [0.25, 0.3) is 0 Å². The van der Waals surface area contributed by atoms with Gasteiger partial charge in [0, 0.05) is 0 Å². The third-order valence-electron chi connectivity index (χ3n) is 2.44. The van der Waals surface area contributed by atoms with E-state index >= 15 is 0 Å². The lowest BCUT2D eigenvalue weighted by atomic mass is 10.0. The van der Waals surface area contributed by atoms with Crippen molar-refractivity contribution in [3.8, 4) is 11.5 Å². The van der Waals surface area contributed by atoms with Gasteiger partial charge in [0.15, 0.2) is 11.5 Å². The van der Waals surface area contributed by atoms with Gasteiger partial charge in [-0.25, -0.2) is 5.90 Å². The molecular weight excluding hydrogens is 274 g/mol. The summed E-state index contributed by atoms with van der Waals surface area (Å²) in [5.74, 6) is 6.47. The molecule has 0 amide bonds. The van der Waals surface area contributed by atoms with Crippen LogP contribution in [0.15, 0.2) is 10.5 Å². The molecule has 0 heterocycles. The molecule has 4 nitrogen and oxygen atoms in total. The summed E-state index contributed by atoms with van der Waals surface area (Å²) in [5.41, 5.74) is 2.16. The Kier molecular flexibility index (Phi) is 5.05. The van der Waals surface area contributed by atoms with E-state index in [4.69, 9.17) is 15.4 Å². The molecule has 0 aliphatic rings. The Labute approximate surface area is 104 Å². The van der Waals surface area contributed by atoms with E-state index in [-0.39, 0.29) is 0 Å². The van der Waals surface area contributed by atoms with Crippen LogP contribution in [0.1, 0.15) is 11.1 Å². The van der Waals surface area contributed by atoms with E-state index in [0.717, 1.165) is 27.8 Å². The van der Waals surface area contributed by atoms with Crippen LogP contribution in [0.3, 0.4) is 0 Å². The second-order valence-electron chi connectivity index (χ2n) is 3.33. The normalized spacial score (nSPS) is 10.3. The summed E-state index contributed by atoms with van der Waals surface area (Å²) in [6, 6.07) is 2.00. The average Bonchev–Trinajstić information content (AvgIpc) is 2.29. The van der Waals surface area contributed by atoms with Crippen LogP contribution in [0.2, 0.25) is 0 Å². The summed E-state index contributed by atoms with van der Waals surface area (Å²) in [7, 11) is 3.24. The largest absolute Gasteiger partial charge is 0.493 e. The van der Waals surface area contributed by atoms with Gasteiger partial charge in [-0.2, -0.15) is 0 Å². The van der Waals surface area contributed by atoms with Gasteiger partial charge < -0.3 is 14.3 Å². The molecule has 0 radical (unpaired) electrons. The first kappa shape index (κ1) is 13.3. The van der Waals surface area contributed by atoms with E-state index in [9.17, 15) is 0 Å². The third-order valence-corrected chi connectivity index (χ3v) is 3.03. The summed E-state index contributed by atoms with van der Waals surface area (Å²) >= 11 is 3.45. The second kappa shape index (κ2) is 6.08. The molecule has 0 aliphatic carbocycles. The SMILES string of the molecule is COc1c(Br)cc(CCON)c(C)c1OC. The average molecular weight is 290 g/mol. The topological polar surface area (TPSA) is 53.7 Å². The molecule has 1 aromatic rings. The van der Waals surface area contributed by atoms with Gasteiger partial charge in [-0.05, 0) is 46.5 Å². The van der Waals surface area contributed by atoms with Gasteiger partial charge in [0.1, 0.15) is 0 Å². The molecule has 16 heavy (non-hydrogen) atoms. The number of ether oxygens (including phenoxy) is 2. The zero-order chi connectivity index (χ0) is 12.1. The summed E-state index contributed by atoms with van der Waals surface area (Å²) in [5, 5.41) is 0. The van der Waals surface area contributed by atoms with Gasteiger partial charge in [0.2, 0.25) is 0 Å². The highest BCUT2D eigenvalue weighted by atomic mass is 79.9. The molecule has 1 aromatic carbocycles. The maximum Gasteiger partial charge on any atom is 0.175 e. The monoisotopic (exact) mass is 289 g/mol. The molecule has 0 saturated carbocycles. The molecule has 0 aromatic heterocycles. The summed E-state index contributed by atoms with van der Waals surface area (Å²) in [6.07, 6.45) is 0.737. The molecule has 0 spiro atoms. The molecule has 0 saturated heterocycles. The molecule has 0 fully saturated rings. The van der Waals surface area contributed by atoms with Gasteiger partial charge in [-0.1, -0.05) is 0 Å². The lowest BCUT2D eigenvalue weighted by Crippen LogP contribution is -2.06. The van der Waals surface area contributed by atoms with Crippen LogP contribution in [-0.2, 0) is 11.3 Å². The van der Waals surface area contributed by atoms with E-state index in [0.29, 0.717) is 12.4 Å². The minimum atomic E-state index is 0.475. The maximum absolute atomic E-state index is 5.34. The van der Waals surface area contributed by atoms with Crippen molar-refractivity contribution in [3.05, 3.63) is 21.7 Å². The first-order valence-electron chi connectivity index (χ1n) is 4.87. The van der Waals surface area contributed by atoms with Crippen LogP contribution in [0.4, 0.5) is 0 Å². The third kappa shape index (κ3) is 2.66. The van der Waals surface area contributed by atoms with Crippen LogP contribution >= 0.6 is 15.9 Å². The van der Waals surface area contributed by atoms with E-state index in [1.54, 1.807) is 14.2 Å². The quantitative estimate of drug-likeness (QED) is 0.845. The molecule has 0 aliphatic heterocycles. The van der Waals surface area contributed by atoms with Crippen molar-refractivity contribution in [3.63, 3.8) is 0 Å². The van der Waals surface area contributed by atoms with E-state index < -0.39 is 0 Å².